The van der Waals surface area contributed by atoms with Crippen molar-refractivity contribution in [2.75, 3.05) is 13.1 Å². The molecule has 0 unspecified atom stereocenters. The molecule has 0 aliphatic carbocycles. The van der Waals surface area contributed by atoms with Crippen molar-refractivity contribution < 1.29 is 0 Å². The van der Waals surface area contributed by atoms with Gasteiger partial charge in [-0.15, -0.1) is 0 Å². The van der Waals surface area contributed by atoms with E-state index in [1.54, 1.807) is 11.3 Å². The molecule has 0 aliphatic heterocycles. The Kier molecular flexibility index (Phi) is 5.42. The van der Waals surface area contributed by atoms with Crippen molar-refractivity contribution >= 4 is 11.3 Å². The van der Waals surface area contributed by atoms with Crippen molar-refractivity contribution in [2.24, 2.45) is 0 Å². The number of thiophene rings is 1. The molecule has 1 N–H and O–H groups in total. The van der Waals surface area contributed by atoms with E-state index in [2.05, 4.69) is 44.8 Å². The largest absolute Gasteiger partial charge is 0.334 e. The van der Waals surface area contributed by atoms with E-state index in [-0.39, 0.29) is 0 Å². The summed E-state index contributed by atoms with van der Waals surface area (Å²) in [5.41, 5.74) is 1.43. The summed E-state index contributed by atoms with van der Waals surface area (Å²) < 4.78 is 2.25. The average molecular weight is 263 g/mol. The van der Waals surface area contributed by atoms with Crippen molar-refractivity contribution in [1.82, 2.24) is 14.9 Å². The molecule has 2 heterocycles. The Morgan fingerprint density at radius 1 is 1.33 bits per heavy atom. The quantitative estimate of drug-likeness (QED) is 0.742. The standard InChI is InChI=1S/C14H21N3S/c1-2-3-14-16-8-10-17(14)9-7-15-6-4-13-5-11-18-12-13/h5,8,10-12,15H,2-4,6-7,9H2,1H3. The van der Waals surface area contributed by atoms with Crippen LogP contribution in [0.25, 0.3) is 0 Å². The van der Waals surface area contributed by atoms with Crippen LogP contribution >= 0.6 is 11.3 Å². The minimum absolute atomic E-state index is 1.01. The first kappa shape index (κ1) is 13.3. The number of nitrogens with one attached hydrogen (secondary N) is 1. The molecule has 0 amide bonds. The number of nitrogens with zero attached hydrogens (tertiary/aromatic N) is 2. The number of aryl methyl sites for hydroxylation is 1. The predicted molar refractivity (Wildman–Crippen MR) is 77.1 cm³/mol. The summed E-state index contributed by atoms with van der Waals surface area (Å²) >= 11 is 1.77. The molecule has 0 saturated heterocycles. The fourth-order valence-corrected chi connectivity index (χ4v) is 2.69. The van der Waals surface area contributed by atoms with E-state index in [1.165, 1.54) is 11.4 Å². The zero-order valence-electron chi connectivity index (χ0n) is 10.9. The number of imidazole rings is 1. The Balaban J connectivity index is 1.64. The highest BCUT2D eigenvalue weighted by molar-refractivity contribution is 7.07. The number of hydrogen-bond donors (Lipinski definition) is 1. The summed E-state index contributed by atoms with van der Waals surface area (Å²) in [7, 11) is 0. The van der Waals surface area contributed by atoms with Crippen LogP contribution in [0.1, 0.15) is 24.7 Å². The van der Waals surface area contributed by atoms with Crippen LogP contribution in [0.3, 0.4) is 0 Å². The molecule has 0 aromatic carbocycles. The average Bonchev–Trinajstić information content (AvgIpc) is 3.01. The number of aromatic nitrogens is 2. The van der Waals surface area contributed by atoms with Gasteiger partial charge in [0.1, 0.15) is 5.82 Å². The van der Waals surface area contributed by atoms with Gasteiger partial charge in [0.2, 0.25) is 0 Å². The molecule has 3 nitrogen and oxygen atoms in total. The normalized spacial score (nSPS) is 10.9. The molecule has 18 heavy (non-hydrogen) atoms. The van der Waals surface area contributed by atoms with Gasteiger partial charge in [-0.1, -0.05) is 6.92 Å². The predicted octanol–water partition coefficient (Wildman–Crippen LogP) is 2.73. The maximum Gasteiger partial charge on any atom is 0.108 e. The van der Waals surface area contributed by atoms with E-state index in [1.807, 2.05) is 6.20 Å². The second-order valence-electron chi connectivity index (χ2n) is 4.42. The third kappa shape index (κ3) is 3.96. The van der Waals surface area contributed by atoms with Crippen LogP contribution in [0.2, 0.25) is 0 Å². The van der Waals surface area contributed by atoms with Crippen LogP contribution in [0.15, 0.2) is 29.2 Å². The lowest BCUT2D eigenvalue weighted by molar-refractivity contribution is 0.577. The highest BCUT2D eigenvalue weighted by Gasteiger charge is 2.00. The van der Waals surface area contributed by atoms with Crippen molar-refractivity contribution in [3.63, 3.8) is 0 Å². The molecule has 4 heteroatoms. The molecule has 98 valence electrons. The van der Waals surface area contributed by atoms with Crippen molar-refractivity contribution in [3.05, 3.63) is 40.6 Å². The molecule has 0 fully saturated rings. The van der Waals surface area contributed by atoms with E-state index >= 15 is 0 Å². The fourth-order valence-electron chi connectivity index (χ4n) is 1.99. The first-order valence-corrected chi connectivity index (χ1v) is 7.56. The molecule has 2 aromatic rings. The molecule has 0 radical (unpaired) electrons. The smallest absolute Gasteiger partial charge is 0.108 e. The molecule has 0 spiro atoms. The summed E-state index contributed by atoms with van der Waals surface area (Å²) in [6, 6.07) is 2.20. The Bertz CT molecular complexity index is 434. The molecule has 0 bridgehead atoms. The third-order valence-electron chi connectivity index (χ3n) is 2.98. The van der Waals surface area contributed by atoms with Crippen LogP contribution in [0, 0.1) is 0 Å². The van der Waals surface area contributed by atoms with Crippen LogP contribution in [0.4, 0.5) is 0 Å². The van der Waals surface area contributed by atoms with E-state index in [9.17, 15) is 0 Å². The summed E-state index contributed by atoms with van der Waals surface area (Å²) in [4.78, 5) is 4.38. The molecule has 0 aliphatic rings. The Morgan fingerprint density at radius 2 is 2.28 bits per heavy atom. The molecule has 0 atom stereocenters. The van der Waals surface area contributed by atoms with E-state index < -0.39 is 0 Å². The minimum atomic E-state index is 1.01. The molecular formula is C14H21N3S. The van der Waals surface area contributed by atoms with Gasteiger partial charge in [-0.3, -0.25) is 0 Å². The maximum atomic E-state index is 4.38. The lowest BCUT2D eigenvalue weighted by Crippen LogP contribution is -2.22. The lowest BCUT2D eigenvalue weighted by atomic mass is 10.2. The van der Waals surface area contributed by atoms with Crippen LogP contribution in [-0.2, 0) is 19.4 Å². The zero-order valence-corrected chi connectivity index (χ0v) is 11.7. The summed E-state index contributed by atoms with van der Waals surface area (Å²) in [5.74, 6) is 1.21. The summed E-state index contributed by atoms with van der Waals surface area (Å²) in [5, 5.41) is 7.84. The lowest BCUT2D eigenvalue weighted by Gasteiger charge is -2.08. The van der Waals surface area contributed by atoms with Crippen molar-refractivity contribution in [2.45, 2.75) is 32.7 Å². The van der Waals surface area contributed by atoms with Crippen LogP contribution < -0.4 is 5.32 Å². The Hall–Kier alpha value is -1.13. The zero-order chi connectivity index (χ0) is 12.6. The van der Waals surface area contributed by atoms with E-state index in [0.29, 0.717) is 0 Å². The Morgan fingerprint density at radius 3 is 3.06 bits per heavy atom. The highest BCUT2D eigenvalue weighted by Crippen LogP contribution is 2.05. The molecular weight excluding hydrogens is 242 g/mol. The van der Waals surface area contributed by atoms with Crippen LogP contribution in [-0.4, -0.2) is 22.6 Å². The van der Waals surface area contributed by atoms with Gasteiger partial charge < -0.3 is 9.88 Å². The van der Waals surface area contributed by atoms with E-state index in [4.69, 9.17) is 0 Å². The first-order chi connectivity index (χ1) is 8.90. The van der Waals surface area contributed by atoms with Gasteiger partial charge in [-0.05, 0) is 41.8 Å². The van der Waals surface area contributed by atoms with Gasteiger partial charge in [0.05, 0.1) is 0 Å². The van der Waals surface area contributed by atoms with Crippen LogP contribution in [0.5, 0.6) is 0 Å². The van der Waals surface area contributed by atoms with Gasteiger partial charge in [-0.25, -0.2) is 4.98 Å². The second-order valence-corrected chi connectivity index (χ2v) is 5.20. The first-order valence-electron chi connectivity index (χ1n) is 6.62. The van der Waals surface area contributed by atoms with Gasteiger partial charge in [0.15, 0.2) is 0 Å². The minimum Gasteiger partial charge on any atom is -0.334 e. The van der Waals surface area contributed by atoms with Gasteiger partial charge in [-0.2, -0.15) is 11.3 Å². The Labute approximate surface area is 113 Å². The van der Waals surface area contributed by atoms with Gasteiger partial charge >= 0.3 is 0 Å². The summed E-state index contributed by atoms with van der Waals surface area (Å²) in [6.45, 7) is 5.27. The highest BCUT2D eigenvalue weighted by atomic mass is 32.1. The van der Waals surface area contributed by atoms with E-state index in [0.717, 1.165) is 38.9 Å². The third-order valence-corrected chi connectivity index (χ3v) is 3.71. The maximum absolute atomic E-state index is 4.38. The number of hydrogen-bond acceptors (Lipinski definition) is 3. The SMILES string of the molecule is CCCc1nccn1CCNCCc1ccsc1. The van der Waals surface area contributed by atoms with Gasteiger partial charge in [0, 0.05) is 31.9 Å². The molecule has 0 saturated carbocycles. The van der Waals surface area contributed by atoms with Crippen molar-refractivity contribution in [1.29, 1.82) is 0 Å². The van der Waals surface area contributed by atoms with Crippen molar-refractivity contribution in [3.8, 4) is 0 Å². The molecule has 2 rings (SSSR count). The monoisotopic (exact) mass is 263 g/mol. The number of rotatable bonds is 8. The topological polar surface area (TPSA) is 29.9 Å². The molecule has 2 aromatic heterocycles. The summed E-state index contributed by atoms with van der Waals surface area (Å²) in [6.07, 6.45) is 7.32. The fraction of sp³-hybridized carbons (Fsp3) is 0.500. The van der Waals surface area contributed by atoms with Gasteiger partial charge in [0.25, 0.3) is 0 Å². The second kappa shape index (κ2) is 7.34.